The molecule has 1 aromatic carbocycles. The van der Waals surface area contributed by atoms with E-state index in [0.717, 1.165) is 12.8 Å². The van der Waals surface area contributed by atoms with E-state index >= 15 is 0 Å². The Bertz CT molecular complexity index is 404. The zero-order valence-corrected chi connectivity index (χ0v) is 11.9. The summed E-state index contributed by atoms with van der Waals surface area (Å²) in [7, 11) is 0. The van der Waals surface area contributed by atoms with Crippen LogP contribution in [0.2, 0.25) is 0 Å². The highest BCUT2D eigenvalue weighted by atomic mass is 79.9. The van der Waals surface area contributed by atoms with Gasteiger partial charge in [-0.3, -0.25) is 4.79 Å². The molecule has 0 bridgehead atoms. The van der Waals surface area contributed by atoms with Crippen LogP contribution in [-0.4, -0.2) is 20.8 Å². The highest BCUT2D eigenvalue weighted by Gasteiger charge is 2.20. The minimum Gasteiger partial charge on any atom is -0.504 e. The predicted octanol–water partition coefficient (Wildman–Crippen LogP) is 3.61. The standard InChI is InChI=1S/C11H12Br2O3/c1-2-3-7(12)11(16)6-4-9(14)10(15)5-8(6)13/h4-5,7,14-15H,2-3H2,1H3. The van der Waals surface area contributed by atoms with Gasteiger partial charge in [-0.15, -0.1) is 0 Å². The molecule has 0 saturated heterocycles. The number of ketones is 1. The third-order valence-corrected chi connectivity index (χ3v) is 3.69. The largest absolute Gasteiger partial charge is 0.504 e. The van der Waals surface area contributed by atoms with E-state index < -0.39 is 0 Å². The van der Waals surface area contributed by atoms with Crippen molar-refractivity contribution in [2.24, 2.45) is 0 Å². The number of phenolic OH excluding ortho intramolecular Hbond substituents is 2. The first-order chi connectivity index (χ1) is 7.47. The van der Waals surface area contributed by atoms with Crippen molar-refractivity contribution in [1.29, 1.82) is 0 Å². The SMILES string of the molecule is CCCC(Br)C(=O)c1cc(O)c(O)cc1Br. The molecule has 1 aromatic rings. The predicted molar refractivity (Wildman–Crippen MR) is 69.4 cm³/mol. The fourth-order valence-corrected chi connectivity index (χ4v) is 2.52. The lowest BCUT2D eigenvalue weighted by Gasteiger charge is -2.10. The molecule has 5 heteroatoms. The van der Waals surface area contributed by atoms with E-state index in [2.05, 4.69) is 31.9 Å². The molecule has 0 amide bonds. The molecule has 0 radical (unpaired) electrons. The van der Waals surface area contributed by atoms with Gasteiger partial charge in [0.05, 0.1) is 4.83 Å². The average Bonchev–Trinajstić information content (AvgIpc) is 2.23. The minimum atomic E-state index is -0.289. The average molecular weight is 352 g/mol. The fraction of sp³-hybridized carbons (Fsp3) is 0.364. The van der Waals surface area contributed by atoms with Crippen molar-refractivity contribution in [2.45, 2.75) is 24.6 Å². The topological polar surface area (TPSA) is 57.5 Å². The number of benzene rings is 1. The maximum Gasteiger partial charge on any atom is 0.177 e. The second-order valence-corrected chi connectivity index (χ2v) is 5.40. The number of carbonyl (C=O) groups is 1. The Balaban J connectivity index is 3.04. The highest BCUT2D eigenvalue weighted by molar-refractivity contribution is 9.10. The first-order valence-electron chi connectivity index (χ1n) is 4.87. The highest BCUT2D eigenvalue weighted by Crippen LogP contribution is 2.33. The van der Waals surface area contributed by atoms with E-state index in [-0.39, 0.29) is 22.1 Å². The van der Waals surface area contributed by atoms with Gasteiger partial charge in [0.25, 0.3) is 0 Å². The number of aromatic hydroxyl groups is 2. The van der Waals surface area contributed by atoms with Gasteiger partial charge in [-0.1, -0.05) is 29.3 Å². The van der Waals surface area contributed by atoms with Crippen molar-refractivity contribution >= 4 is 37.6 Å². The zero-order valence-electron chi connectivity index (χ0n) is 8.70. The fourth-order valence-electron chi connectivity index (χ4n) is 1.29. The maximum atomic E-state index is 11.9. The molecule has 1 atom stereocenters. The summed E-state index contributed by atoms with van der Waals surface area (Å²) < 4.78 is 0.480. The van der Waals surface area contributed by atoms with Crippen LogP contribution in [0.1, 0.15) is 30.1 Å². The number of carbonyl (C=O) groups excluding carboxylic acids is 1. The number of hydrogen-bond acceptors (Lipinski definition) is 3. The zero-order chi connectivity index (χ0) is 12.3. The van der Waals surface area contributed by atoms with Crippen LogP contribution in [0, 0.1) is 0 Å². The molecule has 3 nitrogen and oxygen atoms in total. The molecule has 0 heterocycles. The molecule has 1 unspecified atom stereocenters. The molecule has 0 aliphatic rings. The Morgan fingerprint density at radius 3 is 2.50 bits per heavy atom. The number of alkyl halides is 1. The number of phenols is 2. The van der Waals surface area contributed by atoms with Crippen molar-refractivity contribution in [3.05, 3.63) is 22.2 Å². The van der Waals surface area contributed by atoms with E-state index in [1.807, 2.05) is 6.92 Å². The molecule has 0 fully saturated rings. The lowest BCUT2D eigenvalue weighted by Crippen LogP contribution is -2.14. The molecule has 0 spiro atoms. The van der Waals surface area contributed by atoms with Crippen molar-refractivity contribution in [2.75, 3.05) is 0 Å². The second-order valence-electron chi connectivity index (χ2n) is 3.44. The van der Waals surface area contributed by atoms with Gasteiger partial charge < -0.3 is 10.2 Å². The molecule has 1 rings (SSSR count). The smallest absolute Gasteiger partial charge is 0.177 e. The first kappa shape index (κ1) is 13.5. The molecule has 0 aliphatic carbocycles. The Hall–Kier alpha value is -0.550. The van der Waals surface area contributed by atoms with Crippen LogP contribution in [-0.2, 0) is 0 Å². The summed E-state index contributed by atoms with van der Waals surface area (Å²) in [5.41, 5.74) is 0.366. The summed E-state index contributed by atoms with van der Waals surface area (Å²) in [4.78, 5) is 11.7. The van der Waals surface area contributed by atoms with Crippen molar-refractivity contribution < 1.29 is 15.0 Å². The van der Waals surface area contributed by atoms with Gasteiger partial charge in [0.15, 0.2) is 17.3 Å². The van der Waals surface area contributed by atoms with Gasteiger partial charge in [0.1, 0.15) is 0 Å². The van der Waals surface area contributed by atoms with Gasteiger partial charge in [0, 0.05) is 10.0 Å². The third-order valence-electron chi connectivity index (χ3n) is 2.16. The summed E-state index contributed by atoms with van der Waals surface area (Å²) >= 11 is 6.49. The molecule has 16 heavy (non-hydrogen) atoms. The third kappa shape index (κ3) is 2.98. The van der Waals surface area contributed by atoms with Crippen molar-refractivity contribution in [3.63, 3.8) is 0 Å². The lowest BCUT2D eigenvalue weighted by atomic mass is 10.1. The van der Waals surface area contributed by atoms with E-state index in [9.17, 15) is 15.0 Å². The molecular formula is C11H12Br2O3. The Morgan fingerprint density at radius 1 is 1.38 bits per heavy atom. The molecule has 0 aliphatic heterocycles. The lowest BCUT2D eigenvalue weighted by molar-refractivity contribution is 0.0987. The van der Waals surface area contributed by atoms with Gasteiger partial charge in [0.2, 0.25) is 0 Å². The Morgan fingerprint density at radius 2 is 1.94 bits per heavy atom. The van der Waals surface area contributed by atoms with Crippen molar-refractivity contribution in [1.82, 2.24) is 0 Å². The Kier molecular flexibility index (Phi) is 4.80. The first-order valence-corrected chi connectivity index (χ1v) is 6.58. The summed E-state index contributed by atoms with van der Waals surface area (Å²) in [6.45, 7) is 1.99. The number of rotatable bonds is 4. The Labute approximate surface area is 111 Å². The molecular weight excluding hydrogens is 340 g/mol. The van der Waals surface area contributed by atoms with Crippen LogP contribution in [0.15, 0.2) is 16.6 Å². The summed E-state index contributed by atoms with van der Waals surface area (Å²) in [6, 6.07) is 2.58. The van der Waals surface area contributed by atoms with Gasteiger partial charge in [-0.05, 0) is 34.5 Å². The second kappa shape index (κ2) is 5.68. The molecule has 2 N–H and O–H groups in total. The van der Waals surface area contributed by atoms with Crippen LogP contribution in [0.3, 0.4) is 0 Å². The number of hydrogen-bond donors (Lipinski definition) is 2. The van der Waals surface area contributed by atoms with Crippen LogP contribution >= 0.6 is 31.9 Å². The molecule has 88 valence electrons. The summed E-state index contributed by atoms with van der Waals surface area (Å²) in [5.74, 6) is -0.642. The van der Waals surface area contributed by atoms with E-state index in [1.165, 1.54) is 12.1 Å². The van der Waals surface area contributed by atoms with E-state index in [4.69, 9.17) is 0 Å². The van der Waals surface area contributed by atoms with Crippen LogP contribution < -0.4 is 0 Å². The van der Waals surface area contributed by atoms with Crippen LogP contribution in [0.25, 0.3) is 0 Å². The summed E-state index contributed by atoms with van der Waals surface area (Å²) in [6.07, 6.45) is 1.62. The summed E-state index contributed by atoms with van der Waals surface area (Å²) in [5, 5.41) is 18.6. The van der Waals surface area contributed by atoms with E-state index in [1.54, 1.807) is 0 Å². The minimum absolute atomic E-state index is 0.107. The van der Waals surface area contributed by atoms with Gasteiger partial charge in [-0.2, -0.15) is 0 Å². The molecule has 0 aromatic heterocycles. The van der Waals surface area contributed by atoms with Crippen LogP contribution in [0.5, 0.6) is 11.5 Å². The van der Waals surface area contributed by atoms with Crippen molar-refractivity contribution in [3.8, 4) is 11.5 Å². The number of Topliss-reactive ketones (excluding diaryl/α,β-unsaturated/α-hetero) is 1. The normalized spacial score (nSPS) is 12.4. The van der Waals surface area contributed by atoms with Crippen LogP contribution in [0.4, 0.5) is 0 Å². The van der Waals surface area contributed by atoms with Gasteiger partial charge >= 0.3 is 0 Å². The van der Waals surface area contributed by atoms with Gasteiger partial charge in [-0.25, -0.2) is 0 Å². The quantitative estimate of drug-likeness (QED) is 0.495. The monoisotopic (exact) mass is 350 g/mol. The number of halogens is 2. The maximum absolute atomic E-state index is 11.9. The molecule has 0 saturated carbocycles. The van der Waals surface area contributed by atoms with E-state index in [0.29, 0.717) is 10.0 Å².